The number of carbonyl (C=O) groups is 1. The van der Waals surface area contributed by atoms with Crippen molar-refractivity contribution in [1.82, 2.24) is 0 Å². The molecule has 0 radical (unpaired) electrons. The first-order valence-electron chi connectivity index (χ1n) is 6.71. The number of fused-ring (bicyclic) bond motifs is 2. The molecule has 1 aromatic carbocycles. The average Bonchev–Trinajstić information content (AvgIpc) is 2.92. The van der Waals surface area contributed by atoms with Crippen molar-refractivity contribution in [3.8, 4) is 5.75 Å². The average molecular weight is 245 g/mol. The van der Waals surface area contributed by atoms with Gasteiger partial charge >= 0.3 is 0 Å². The van der Waals surface area contributed by atoms with Gasteiger partial charge in [0.05, 0.1) is 0 Å². The fourth-order valence-corrected chi connectivity index (χ4v) is 3.75. The summed E-state index contributed by atoms with van der Waals surface area (Å²) >= 11 is 0. The number of Topliss-reactive ketones (excluding diaryl/α,β-unsaturated/α-hetero) is 1. The zero-order valence-corrected chi connectivity index (χ0v) is 10.4. The molecule has 96 valence electrons. The van der Waals surface area contributed by atoms with Crippen molar-refractivity contribution < 1.29 is 9.90 Å². The summed E-state index contributed by atoms with van der Waals surface area (Å²) in [4.78, 5) is 12.4. The van der Waals surface area contributed by atoms with E-state index in [-0.39, 0.29) is 23.5 Å². The fraction of sp³-hybridized carbons (Fsp3) is 0.533. The Morgan fingerprint density at radius 1 is 1.22 bits per heavy atom. The van der Waals surface area contributed by atoms with Gasteiger partial charge in [-0.25, -0.2) is 0 Å². The smallest absolute Gasteiger partial charge is 0.142 e. The quantitative estimate of drug-likeness (QED) is 0.854. The third-order valence-electron chi connectivity index (χ3n) is 4.67. The molecule has 0 aliphatic heterocycles. The molecule has 2 fully saturated rings. The van der Waals surface area contributed by atoms with Gasteiger partial charge < -0.3 is 10.8 Å². The van der Waals surface area contributed by atoms with Crippen LogP contribution in [0.15, 0.2) is 24.3 Å². The standard InChI is InChI=1S/C15H19NO2/c16-15-11-4-3-10(8-11)14(15)13(18)7-9-1-5-12(17)6-2-9/h1-2,5-6,10-11,14-15,17H,3-4,7-8,16H2. The van der Waals surface area contributed by atoms with Gasteiger partial charge in [0.2, 0.25) is 0 Å². The lowest BCUT2D eigenvalue weighted by Crippen LogP contribution is -2.40. The van der Waals surface area contributed by atoms with Crippen molar-refractivity contribution >= 4 is 5.78 Å². The largest absolute Gasteiger partial charge is 0.508 e. The molecule has 3 heteroatoms. The highest BCUT2D eigenvalue weighted by atomic mass is 16.3. The van der Waals surface area contributed by atoms with Crippen LogP contribution >= 0.6 is 0 Å². The Balaban J connectivity index is 1.70. The predicted molar refractivity (Wildman–Crippen MR) is 69.1 cm³/mol. The van der Waals surface area contributed by atoms with Crippen molar-refractivity contribution in [2.45, 2.75) is 31.7 Å². The summed E-state index contributed by atoms with van der Waals surface area (Å²) < 4.78 is 0. The molecule has 2 aliphatic carbocycles. The van der Waals surface area contributed by atoms with Crippen LogP contribution in [0.4, 0.5) is 0 Å². The van der Waals surface area contributed by atoms with Gasteiger partial charge in [0.1, 0.15) is 11.5 Å². The lowest BCUT2D eigenvalue weighted by Gasteiger charge is -2.26. The van der Waals surface area contributed by atoms with Crippen molar-refractivity contribution in [2.75, 3.05) is 0 Å². The summed E-state index contributed by atoms with van der Waals surface area (Å²) in [6.45, 7) is 0. The number of phenols is 1. The third kappa shape index (κ3) is 1.93. The number of benzene rings is 1. The van der Waals surface area contributed by atoms with Gasteiger partial charge in [0.25, 0.3) is 0 Å². The van der Waals surface area contributed by atoms with Gasteiger partial charge in [-0.1, -0.05) is 12.1 Å². The SMILES string of the molecule is NC1C2CCC(C2)C1C(=O)Cc1ccc(O)cc1. The van der Waals surface area contributed by atoms with Crippen LogP contribution in [0, 0.1) is 17.8 Å². The van der Waals surface area contributed by atoms with E-state index in [1.165, 1.54) is 12.8 Å². The van der Waals surface area contributed by atoms with Gasteiger partial charge in [-0.05, 0) is 48.8 Å². The van der Waals surface area contributed by atoms with Gasteiger partial charge in [0, 0.05) is 18.4 Å². The number of nitrogens with two attached hydrogens (primary N) is 1. The summed E-state index contributed by atoms with van der Waals surface area (Å²) in [5.74, 6) is 1.68. The second-order valence-corrected chi connectivity index (χ2v) is 5.75. The number of aromatic hydroxyl groups is 1. The second kappa shape index (κ2) is 4.39. The van der Waals surface area contributed by atoms with E-state index in [4.69, 9.17) is 5.73 Å². The lowest BCUT2D eigenvalue weighted by molar-refractivity contribution is -0.124. The second-order valence-electron chi connectivity index (χ2n) is 5.75. The topological polar surface area (TPSA) is 63.3 Å². The van der Waals surface area contributed by atoms with E-state index < -0.39 is 0 Å². The molecular weight excluding hydrogens is 226 g/mol. The Hall–Kier alpha value is -1.35. The van der Waals surface area contributed by atoms with Crippen molar-refractivity contribution in [2.24, 2.45) is 23.5 Å². The number of phenolic OH excluding ortho intramolecular Hbond substituents is 1. The fourth-order valence-electron chi connectivity index (χ4n) is 3.75. The van der Waals surface area contributed by atoms with Crippen LogP contribution in [0.25, 0.3) is 0 Å². The van der Waals surface area contributed by atoms with E-state index in [1.807, 2.05) is 12.1 Å². The van der Waals surface area contributed by atoms with E-state index >= 15 is 0 Å². The predicted octanol–water partition coefficient (Wildman–Crippen LogP) is 1.88. The van der Waals surface area contributed by atoms with E-state index in [9.17, 15) is 9.90 Å². The van der Waals surface area contributed by atoms with Gasteiger partial charge in [-0.15, -0.1) is 0 Å². The maximum absolute atomic E-state index is 12.4. The van der Waals surface area contributed by atoms with Crippen LogP contribution < -0.4 is 5.73 Å². The molecule has 2 aliphatic rings. The monoisotopic (exact) mass is 245 g/mol. The minimum atomic E-state index is 0.0672. The Morgan fingerprint density at radius 2 is 1.89 bits per heavy atom. The van der Waals surface area contributed by atoms with E-state index in [0.717, 1.165) is 12.0 Å². The van der Waals surface area contributed by atoms with Crippen molar-refractivity contribution in [1.29, 1.82) is 0 Å². The van der Waals surface area contributed by atoms with Gasteiger partial charge in [-0.3, -0.25) is 4.79 Å². The molecule has 4 unspecified atom stereocenters. The van der Waals surface area contributed by atoms with E-state index in [2.05, 4.69) is 0 Å². The molecule has 0 amide bonds. The maximum atomic E-state index is 12.4. The number of hydrogen-bond acceptors (Lipinski definition) is 3. The van der Waals surface area contributed by atoms with E-state index in [0.29, 0.717) is 18.3 Å². The molecule has 0 spiro atoms. The summed E-state index contributed by atoms with van der Waals surface area (Å²) in [7, 11) is 0. The molecule has 4 atom stereocenters. The molecule has 0 saturated heterocycles. The van der Waals surface area contributed by atoms with E-state index in [1.54, 1.807) is 12.1 Å². The van der Waals surface area contributed by atoms with Crippen LogP contribution in [0.3, 0.4) is 0 Å². The van der Waals surface area contributed by atoms with Crippen LogP contribution in [0.1, 0.15) is 24.8 Å². The lowest BCUT2D eigenvalue weighted by atomic mass is 9.80. The van der Waals surface area contributed by atoms with Crippen LogP contribution in [-0.4, -0.2) is 16.9 Å². The van der Waals surface area contributed by atoms with Crippen molar-refractivity contribution in [3.05, 3.63) is 29.8 Å². The molecule has 2 saturated carbocycles. The Morgan fingerprint density at radius 3 is 2.50 bits per heavy atom. The first kappa shape index (κ1) is 11.7. The number of rotatable bonds is 3. The molecule has 1 aromatic rings. The molecule has 0 aromatic heterocycles. The molecule has 0 heterocycles. The highest BCUT2D eigenvalue weighted by Crippen LogP contribution is 2.48. The number of ketones is 1. The Labute approximate surface area is 107 Å². The third-order valence-corrected chi connectivity index (χ3v) is 4.67. The zero-order chi connectivity index (χ0) is 12.7. The molecule has 3 rings (SSSR count). The van der Waals surface area contributed by atoms with Gasteiger partial charge in [-0.2, -0.15) is 0 Å². The number of hydrogen-bond donors (Lipinski definition) is 2. The Kier molecular flexibility index (Phi) is 2.86. The van der Waals surface area contributed by atoms with Crippen LogP contribution in [0.5, 0.6) is 5.75 Å². The van der Waals surface area contributed by atoms with Crippen LogP contribution in [-0.2, 0) is 11.2 Å². The Bertz CT molecular complexity index is 452. The summed E-state index contributed by atoms with van der Waals surface area (Å²) in [5.41, 5.74) is 7.15. The maximum Gasteiger partial charge on any atom is 0.142 e. The summed E-state index contributed by atoms with van der Waals surface area (Å²) in [6.07, 6.45) is 3.97. The molecule has 18 heavy (non-hydrogen) atoms. The normalized spacial score (nSPS) is 33.8. The zero-order valence-electron chi connectivity index (χ0n) is 10.4. The molecular formula is C15H19NO2. The summed E-state index contributed by atoms with van der Waals surface area (Å²) in [5, 5.41) is 9.23. The first-order chi connectivity index (χ1) is 8.65. The van der Waals surface area contributed by atoms with Crippen LogP contribution in [0.2, 0.25) is 0 Å². The molecule has 3 nitrogen and oxygen atoms in total. The molecule has 2 bridgehead atoms. The van der Waals surface area contributed by atoms with Gasteiger partial charge in [0.15, 0.2) is 0 Å². The number of carbonyl (C=O) groups excluding carboxylic acids is 1. The highest BCUT2D eigenvalue weighted by molar-refractivity contribution is 5.84. The first-order valence-corrected chi connectivity index (χ1v) is 6.71. The highest BCUT2D eigenvalue weighted by Gasteiger charge is 2.48. The van der Waals surface area contributed by atoms with Crippen molar-refractivity contribution in [3.63, 3.8) is 0 Å². The minimum Gasteiger partial charge on any atom is -0.508 e. The minimum absolute atomic E-state index is 0.0672. The summed E-state index contributed by atoms with van der Waals surface area (Å²) in [6, 6.07) is 6.96. The molecule has 3 N–H and O–H groups in total.